The molecule has 0 radical (unpaired) electrons. The summed E-state index contributed by atoms with van der Waals surface area (Å²) in [7, 11) is 1.67. The molecule has 0 spiro atoms. The first kappa shape index (κ1) is 12.9. The molecule has 1 aromatic rings. The van der Waals surface area contributed by atoms with Crippen LogP contribution in [0.4, 0.5) is 0 Å². The molecule has 1 aliphatic carbocycles. The summed E-state index contributed by atoms with van der Waals surface area (Å²) in [6.07, 6.45) is 4.90. The molecule has 3 nitrogen and oxygen atoms in total. The summed E-state index contributed by atoms with van der Waals surface area (Å²) in [5.41, 5.74) is 0.795. The van der Waals surface area contributed by atoms with E-state index in [4.69, 9.17) is 9.47 Å². The summed E-state index contributed by atoms with van der Waals surface area (Å²) in [4.78, 5) is 11.3. The summed E-state index contributed by atoms with van der Waals surface area (Å²) in [5.74, 6) is 0.683. The molecule has 1 saturated carbocycles. The fourth-order valence-electron chi connectivity index (χ4n) is 2.84. The van der Waals surface area contributed by atoms with Gasteiger partial charge in [0.2, 0.25) is 0 Å². The van der Waals surface area contributed by atoms with Crippen LogP contribution in [0.25, 0.3) is 0 Å². The number of para-hydroxylation sites is 1. The zero-order valence-electron chi connectivity index (χ0n) is 11.1. The maximum atomic E-state index is 11.3. The quantitative estimate of drug-likeness (QED) is 0.768. The van der Waals surface area contributed by atoms with Crippen molar-refractivity contribution in [2.24, 2.45) is 0 Å². The number of methoxy groups -OCH3 is 1. The minimum atomic E-state index is -0.319. The molecule has 0 N–H and O–H groups in total. The number of ether oxygens (including phenoxy) is 2. The molecule has 2 rings (SSSR count). The van der Waals surface area contributed by atoms with Crippen molar-refractivity contribution in [3.05, 3.63) is 29.8 Å². The average Bonchev–Trinajstić information content (AvgIpc) is 2.77. The van der Waals surface area contributed by atoms with E-state index in [-0.39, 0.29) is 11.6 Å². The molecule has 18 heavy (non-hydrogen) atoms. The maximum absolute atomic E-state index is 11.3. The van der Waals surface area contributed by atoms with Gasteiger partial charge in [-0.15, -0.1) is 0 Å². The van der Waals surface area contributed by atoms with Gasteiger partial charge in [0.05, 0.1) is 7.11 Å². The summed E-state index contributed by atoms with van der Waals surface area (Å²) in [6.45, 7) is 1.49. The highest BCUT2D eigenvalue weighted by Gasteiger charge is 2.37. The van der Waals surface area contributed by atoms with Gasteiger partial charge < -0.3 is 9.47 Å². The summed E-state index contributed by atoms with van der Waals surface area (Å²) in [5, 5.41) is 0. The van der Waals surface area contributed by atoms with Crippen LogP contribution in [0, 0.1) is 0 Å². The molecule has 1 fully saturated rings. The van der Waals surface area contributed by atoms with Crippen molar-refractivity contribution < 1.29 is 14.3 Å². The van der Waals surface area contributed by atoms with E-state index < -0.39 is 0 Å². The van der Waals surface area contributed by atoms with Gasteiger partial charge in [0.25, 0.3) is 0 Å². The van der Waals surface area contributed by atoms with Crippen LogP contribution < -0.4 is 4.74 Å². The van der Waals surface area contributed by atoms with Crippen LogP contribution in [-0.4, -0.2) is 18.7 Å². The van der Waals surface area contributed by atoms with Gasteiger partial charge >= 0.3 is 5.97 Å². The number of hydrogen-bond donors (Lipinski definition) is 0. The minimum Gasteiger partial charge on any atom is -0.496 e. The molecular weight excluding hydrogens is 228 g/mol. The molecule has 0 saturated heterocycles. The summed E-state index contributed by atoms with van der Waals surface area (Å²) >= 11 is 0. The first-order chi connectivity index (χ1) is 8.65. The van der Waals surface area contributed by atoms with Crippen molar-refractivity contribution in [3.63, 3.8) is 0 Å². The van der Waals surface area contributed by atoms with Crippen molar-refractivity contribution in [1.29, 1.82) is 0 Å². The number of hydrogen-bond acceptors (Lipinski definition) is 3. The topological polar surface area (TPSA) is 35.5 Å². The van der Waals surface area contributed by atoms with Gasteiger partial charge in [-0.3, -0.25) is 4.79 Å². The zero-order chi connectivity index (χ0) is 13.0. The van der Waals surface area contributed by atoms with E-state index in [1.165, 1.54) is 6.92 Å². The second-order valence-electron chi connectivity index (χ2n) is 4.97. The predicted octanol–water partition coefficient (Wildman–Crippen LogP) is 3.11. The highest BCUT2D eigenvalue weighted by Crippen LogP contribution is 2.38. The number of benzene rings is 1. The van der Waals surface area contributed by atoms with Crippen molar-refractivity contribution in [2.75, 3.05) is 7.11 Å². The van der Waals surface area contributed by atoms with Gasteiger partial charge in [0.1, 0.15) is 11.4 Å². The van der Waals surface area contributed by atoms with Crippen molar-refractivity contribution in [3.8, 4) is 5.75 Å². The van der Waals surface area contributed by atoms with Gasteiger partial charge in [-0.25, -0.2) is 0 Å². The first-order valence-corrected chi connectivity index (χ1v) is 6.47. The summed E-state index contributed by atoms with van der Waals surface area (Å²) < 4.78 is 11.0. The van der Waals surface area contributed by atoms with Gasteiger partial charge in [0, 0.05) is 13.3 Å². The van der Waals surface area contributed by atoms with E-state index >= 15 is 0 Å². The van der Waals surface area contributed by atoms with Crippen LogP contribution in [-0.2, 0) is 16.0 Å². The van der Waals surface area contributed by atoms with E-state index in [2.05, 4.69) is 0 Å². The van der Waals surface area contributed by atoms with Crippen LogP contribution >= 0.6 is 0 Å². The number of carbonyl (C=O) groups is 1. The third-order valence-electron chi connectivity index (χ3n) is 3.58. The Morgan fingerprint density at radius 3 is 2.56 bits per heavy atom. The predicted molar refractivity (Wildman–Crippen MR) is 69.7 cm³/mol. The Morgan fingerprint density at radius 2 is 1.94 bits per heavy atom. The first-order valence-electron chi connectivity index (χ1n) is 6.47. The van der Waals surface area contributed by atoms with Crippen LogP contribution in [0.2, 0.25) is 0 Å². The molecule has 0 bridgehead atoms. The third-order valence-corrected chi connectivity index (χ3v) is 3.58. The second-order valence-corrected chi connectivity index (χ2v) is 4.97. The van der Waals surface area contributed by atoms with E-state index in [1.54, 1.807) is 7.11 Å². The normalized spacial score (nSPS) is 17.4. The fourth-order valence-corrected chi connectivity index (χ4v) is 2.84. The monoisotopic (exact) mass is 248 g/mol. The molecule has 0 aliphatic heterocycles. The minimum absolute atomic E-state index is 0.188. The molecule has 0 aromatic heterocycles. The molecular formula is C15H20O3. The second kappa shape index (κ2) is 5.42. The number of carbonyl (C=O) groups excluding carboxylic acids is 1. The van der Waals surface area contributed by atoms with Crippen molar-refractivity contribution >= 4 is 5.97 Å². The Bertz CT molecular complexity index is 420. The van der Waals surface area contributed by atoms with E-state index in [0.717, 1.165) is 43.4 Å². The maximum Gasteiger partial charge on any atom is 0.303 e. The molecule has 0 amide bonds. The van der Waals surface area contributed by atoms with Crippen LogP contribution in [0.15, 0.2) is 24.3 Å². The highest BCUT2D eigenvalue weighted by atomic mass is 16.6. The molecule has 1 aliphatic rings. The Labute approximate surface area is 108 Å². The molecule has 98 valence electrons. The Morgan fingerprint density at radius 1 is 1.28 bits per heavy atom. The standard InChI is InChI=1S/C15H20O3/c1-12(16)18-15(9-5-6-10-15)11-13-7-3-4-8-14(13)17-2/h3-4,7-8H,5-6,9-11H2,1-2H3. The molecule has 0 unspecified atom stereocenters. The van der Waals surface area contributed by atoms with Gasteiger partial charge in [0.15, 0.2) is 0 Å². The lowest BCUT2D eigenvalue weighted by Crippen LogP contribution is -2.33. The SMILES string of the molecule is COc1ccccc1CC1(OC(C)=O)CCCC1. The Hall–Kier alpha value is -1.51. The van der Waals surface area contributed by atoms with Gasteiger partial charge in [-0.2, -0.15) is 0 Å². The fraction of sp³-hybridized carbons (Fsp3) is 0.533. The molecule has 1 aromatic carbocycles. The molecule has 3 heteroatoms. The smallest absolute Gasteiger partial charge is 0.303 e. The van der Waals surface area contributed by atoms with E-state index in [0.29, 0.717) is 0 Å². The van der Waals surface area contributed by atoms with Crippen molar-refractivity contribution in [1.82, 2.24) is 0 Å². The summed E-state index contributed by atoms with van der Waals surface area (Å²) in [6, 6.07) is 7.94. The molecule has 0 heterocycles. The van der Waals surface area contributed by atoms with Crippen LogP contribution in [0.1, 0.15) is 38.2 Å². The Kier molecular flexibility index (Phi) is 3.90. The lowest BCUT2D eigenvalue weighted by molar-refractivity contribution is -0.156. The van der Waals surface area contributed by atoms with Crippen LogP contribution in [0.3, 0.4) is 0 Å². The zero-order valence-corrected chi connectivity index (χ0v) is 11.1. The number of rotatable bonds is 4. The number of esters is 1. The average molecular weight is 248 g/mol. The van der Waals surface area contributed by atoms with Gasteiger partial charge in [-0.1, -0.05) is 18.2 Å². The van der Waals surface area contributed by atoms with Crippen molar-refractivity contribution in [2.45, 2.75) is 44.6 Å². The van der Waals surface area contributed by atoms with Crippen LogP contribution in [0.5, 0.6) is 5.75 Å². The largest absolute Gasteiger partial charge is 0.496 e. The van der Waals surface area contributed by atoms with Gasteiger partial charge in [-0.05, 0) is 37.3 Å². The van der Waals surface area contributed by atoms with E-state index in [1.807, 2.05) is 24.3 Å². The Balaban J connectivity index is 2.20. The lowest BCUT2D eigenvalue weighted by Gasteiger charge is -2.29. The highest BCUT2D eigenvalue weighted by molar-refractivity contribution is 5.66. The lowest BCUT2D eigenvalue weighted by atomic mass is 9.92. The van der Waals surface area contributed by atoms with E-state index in [9.17, 15) is 4.79 Å². The molecule has 0 atom stereocenters. The third kappa shape index (κ3) is 2.84.